The first-order valence-corrected chi connectivity index (χ1v) is 7.06. The lowest BCUT2D eigenvalue weighted by atomic mass is 9.88. The Balaban J connectivity index is 1.87. The van der Waals surface area contributed by atoms with E-state index in [4.69, 9.17) is 0 Å². The molecule has 0 aliphatic carbocycles. The molecule has 1 aliphatic rings. The van der Waals surface area contributed by atoms with Crippen LogP contribution in [0.5, 0.6) is 0 Å². The van der Waals surface area contributed by atoms with Crippen molar-refractivity contribution in [3.63, 3.8) is 0 Å². The van der Waals surface area contributed by atoms with Crippen LogP contribution in [-0.2, 0) is 12.1 Å². The first kappa shape index (κ1) is 13.2. The maximum atomic E-state index is 4.36. The number of nitrogens with one attached hydrogen (secondary N) is 1. The van der Waals surface area contributed by atoms with Crippen molar-refractivity contribution in [1.29, 1.82) is 0 Å². The molecule has 104 valence electrons. The predicted molar refractivity (Wildman–Crippen MR) is 79.1 cm³/mol. The van der Waals surface area contributed by atoms with E-state index in [9.17, 15) is 0 Å². The molecule has 20 heavy (non-hydrogen) atoms. The van der Waals surface area contributed by atoms with Gasteiger partial charge in [0, 0.05) is 32.0 Å². The Morgan fingerprint density at radius 3 is 2.65 bits per heavy atom. The van der Waals surface area contributed by atoms with Gasteiger partial charge in [0.15, 0.2) is 0 Å². The van der Waals surface area contributed by atoms with Gasteiger partial charge in [-0.3, -0.25) is 4.90 Å². The van der Waals surface area contributed by atoms with Gasteiger partial charge in [-0.1, -0.05) is 30.3 Å². The lowest BCUT2D eigenvalue weighted by Crippen LogP contribution is -2.57. The summed E-state index contributed by atoms with van der Waals surface area (Å²) in [6, 6.07) is 12.5. The van der Waals surface area contributed by atoms with Crippen LogP contribution in [-0.4, -0.2) is 34.5 Å². The molecule has 1 atom stereocenters. The molecule has 1 saturated heterocycles. The summed E-state index contributed by atoms with van der Waals surface area (Å²) >= 11 is 0. The molecular weight excluding hydrogens is 248 g/mol. The quantitative estimate of drug-likeness (QED) is 0.921. The number of nitrogens with zero attached hydrogens (tertiary/aromatic N) is 3. The molecule has 0 radical (unpaired) electrons. The van der Waals surface area contributed by atoms with Gasteiger partial charge in [-0.15, -0.1) is 0 Å². The van der Waals surface area contributed by atoms with E-state index < -0.39 is 0 Å². The molecule has 1 fully saturated rings. The van der Waals surface area contributed by atoms with E-state index in [0.29, 0.717) is 0 Å². The molecule has 1 aromatic carbocycles. The highest BCUT2D eigenvalue weighted by atomic mass is 15.3. The standard InChI is InChI=1S/C16H20N4/c1-16(14-6-3-2-4-7-14)13-17-10-11-20(16)12-15-18-8-5-9-19-15/h2-9,17H,10-13H2,1H3. The maximum Gasteiger partial charge on any atom is 0.142 e. The molecule has 4 nitrogen and oxygen atoms in total. The van der Waals surface area contributed by atoms with Crippen molar-refractivity contribution in [1.82, 2.24) is 20.2 Å². The van der Waals surface area contributed by atoms with Crippen molar-refractivity contribution in [3.8, 4) is 0 Å². The first-order chi connectivity index (χ1) is 9.79. The van der Waals surface area contributed by atoms with Crippen molar-refractivity contribution < 1.29 is 0 Å². The van der Waals surface area contributed by atoms with E-state index in [1.54, 1.807) is 0 Å². The summed E-state index contributed by atoms with van der Waals surface area (Å²) in [6.07, 6.45) is 3.62. The third-order valence-corrected chi connectivity index (χ3v) is 4.07. The fraction of sp³-hybridized carbons (Fsp3) is 0.375. The summed E-state index contributed by atoms with van der Waals surface area (Å²) in [5.74, 6) is 0.886. The number of benzene rings is 1. The lowest BCUT2D eigenvalue weighted by Gasteiger charge is -2.45. The summed E-state index contributed by atoms with van der Waals surface area (Å²) in [5, 5.41) is 3.51. The monoisotopic (exact) mass is 268 g/mol. The Labute approximate surface area is 119 Å². The highest BCUT2D eigenvalue weighted by Crippen LogP contribution is 2.30. The van der Waals surface area contributed by atoms with Gasteiger partial charge in [0.25, 0.3) is 0 Å². The van der Waals surface area contributed by atoms with Crippen molar-refractivity contribution in [3.05, 3.63) is 60.2 Å². The van der Waals surface area contributed by atoms with Gasteiger partial charge in [-0.25, -0.2) is 9.97 Å². The van der Waals surface area contributed by atoms with Crippen molar-refractivity contribution >= 4 is 0 Å². The van der Waals surface area contributed by atoms with Crippen LogP contribution in [0.2, 0.25) is 0 Å². The van der Waals surface area contributed by atoms with Gasteiger partial charge < -0.3 is 5.32 Å². The summed E-state index contributed by atoms with van der Waals surface area (Å²) in [4.78, 5) is 11.2. The van der Waals surface area contributed by atoms with E-state index in [1.807, 2.05) is 18.5 Å². The summed E-state index contributed by atoms with van der Waals surface area (Å²) < 4.78 is 0. The second-order valence-electron chi connectivity index (χ2n) is 5.40. The van der Waals surface area contributed by atoms with Crippen LogP contribution < -0.4 is 5.32 Å². The minimum atomic E-state index is -0.0152. The zero-order chi connectivity index (χ0) is 13.8. The number of hydrogen-bond donors (Lipinski definition) is 1. The normalized spacial score (nSPS) is 23.6. The molecule has 2 heterocycles. The van der Waals surface area contributed by atoms with Crippen LogP contribution in [0, 0.1) is 0 Å². The van der Waals surface area contributed by atoms with Crippen LogP contribution in [0.4, 0.5) is 0 Å². The fourth-order valence-electron chi connectivity index (χ4n) is 2.82. The first-order valence-electron chi connectivity index (χ1n) is 7.06. The van der Waals surface area contributed by atoms with Gasteiger partial charge in [-0.2, -0.15) is 0 Å². The minimum absolute atomic E-state index is 0.0152. The van der Waals surface area contributed by atoms with Gasteiger partial charge in [0.2, 0.25) is 0 Å². The molecule has 1 aromatic heterocycles. The number of aromatic nitrogens is 2. The van der Waals surface area contributed by atoms with Gasteiger partial charge in [0.1, 0.15) is 5.82 Å². The lowest BCUT2D eigenvalue weighted by molar-refractivity contribution is 0.0623. The molecule has 0 bridgehead atoms. The Hall–Kier alpha value is -1.78. The third-order valence-electron chi connectivity index (χ3n) is 4.07. The average Bonchev–Trinajstić information content (AvgIpc) is 2.52. The SMILES string of the molecule is CC1(c2ccccc2)CNCCN1Cc1ncccn1. The fourth-order valence-corrected chi connectivity index (χ4v) is 2.82. The summed E-state index contributed by atoms with van der Waals surface area (Å²) in [7, 11) is 0. The topological polar surface area (TPSA) is 41.0 Å². The number of rotatable bonds is 3. The minimum Gasteiger partial charge on any atom is -0.313 e. The van der Waals surface area contributed by atoms with E-state index in [0.717, 1.165) is 32.0 Å². The van der Waals surface area contributed by atoms with Crippen LogP contribution in [0.25, 0.3) is 0 Å². The second-order valence-corrected chi connectivity index (χ2v) is 5.40. The third kappa shape index (κ3) is 2.57. The van der Waals surface area contributed by atoms with E-state index in [-0.39, 0.29) is 5.54 Å². The molecule has 2 aromatic rings. The zero-order valence-corrected chi connectivity index (χ0v) is 11.8. The molecule has 1 aliphatic heterocycles. The van der Waals surface area contributed by atoms with E-state index in [1.165, 1.54) is 5.56 Å². The molecular formula is C16H20N4. The zero-order valence-electron chi connectivity index (χ0n) is 11.8. The largest absolute Gasteiger partial charge is 0.313 e. The Morgan fingerprint density at radius 2 is 1.90 bits per heavy atom. The highest BCUT2D eigenvalue weighted by Gasteiger charge is 2.36. The van der Waals surface area contributed by atoms with Gasteiger partial charge in [0.05, 0.1) is 12.1 Å². The highest BCUT2D eigenvalue weighted by molar-refractivity contribution is 5.25. The Kier molecular flexibility index (Phi) is 3.76. The Morgan fingerprint density at radius 1 is 1.15 bits per heavy atom. The van der Waals surface area contributed by atoms with Crippen molar-refractivity contribution in [2.75, 3.05) is 19.6 Å². The van der Waals surface area contributed by atoms with Crippen LogP contribution in [0.1, 0.15) is 18.3 Å². The van der Waals surface area contributed by atoms with Crippen molar-refractivity contribution in [2.24, 2.45) is 0 Å². The van der Waals surface area contributed by atoms with Crippen LogP contribution >= 0.6 is 0 Å². The molecule has 3 rings (SSSR count). The maximum absolute atomic E-state index is 4.36. The molecule has 1 N–H and O–H groups in total. The Bertz CT molecular complexity index is 543. The van der Waals surface area contributed by atoms with Crippen LogP contribution in [0.3, 0.4) is 0 Å². The van der Waals surface area contributed by atoms with E-state index >= 15 is 0 Å². The van der Waals surface area contributed by atoms with E-state index in [2.05, 4.69) is 57.4 Å². The smallest absolute Gasteiger partial charge is 0.142 e. The second kappa shape index (κ2) is 5.69. The molecule has 0 saturated carbocycles. The molecule has 4 heteroatoms. The molecule has 0 amide bonds. The summed E-state index contributed by atoms with van der Waals surface area (Å²) in [6.45, 7) is 6.04. The molecule has 1 unspecified atom stereocenters. The van der Waals surface area contributed by atoms with Crippen molar-refractivity contribution in [2.45, 2.75) is 19.0 Å². The predicted octanol–water partition coefficient (Wildman–Crippen LogP) is 1.80. The summed E-state index contributed by atoms with van der Waals surface area (Å²) in [5.41, 5.74) is 1.32. The molecule has 0 spiro atoms. The number of piperazine rings is 1. The number of hydrogen-bond acceptors (Lipinski definition) is 4. The van der Waals surface area contributed by atoms with Gasteiger partial charge in [-0.05, 0) is 18.6 Å². The van der Waals surface area contributed by atoms with Crippen LogP contribution in [0.15, 0.2) is 48.8 Å². The average molecular weight is 268 g/mol. The van der Waals surface area contributed by atoms with Gasteiger partial charge >= 0.3 is 0 Å².